The summed E-state index contributed by atoms with van der Waals surface area (Å²) in [4.78, 5) is 39.1. The number of nitro groups is 1. The lowest BCUT2D eigenvalue weighted by molar-refractivity contribution is -0.385. The van der Waals surface area contributed by atoms with Gasteiger partial charge in [-0.3, -0.25) is 19.9 Å². The van der Waals surface area contributed by atoms with Gasteiger partial charge in [-0.25, -0.2) is 4.79 Å². The summed E-state index contributed by atoms with van der Waals surface area (Å²) in [5.74, 6) is -1.60. The molecule has 0 bridgehead atoms. The fraction of sp³-hybridized carbons (Fsp3) is 0.176. The standard InChI is InChI=1S/C17H14N4O6/c1-27-16(23)14-10-17(24,11-5-4-6-12(9-11)21(25)26)20(19-14)15(22)13-7-2-3-8-18-13/h2-9,24H,10H2,1H3. The van der Waals surface area contributed by atoms with Gasteiger partial charge in [-0.05, 0) is 12.1 Å². The van der Waals surface area contributed by atoms with Crippen molar-refractivity contribution in [3.05, 3.63) is 70.0 Å². The average molecular weight is 370 g/mol. The van der Waals surface area contributed by atoms with E-state index in [0.717, 1.165) is 13.2 Å². The summed E-state index contributed by atoms with van der Waals surface area (Å²) in [7, 11) is 1.14. The fourth-order valence-corrected chi connectivity index (χ4v) is 2.68. The van der Waals surface area contributed by atoms with E-state index in [-0.39, 0.29) is 29.1 Å². The molecule has 1 aromatic heterocycles. The van der Waals surface area contributed by atoms with Gasteiger partial charge in [-0.15, -0.1) is 0 Å². The first-order valence-corrected chi connectivity index (χ1v) is 7.75. The first kappa shape index (κ1) is 18.1. The number of ether oxygens (including phenoxy) is 1. The van der Waals surface area contributed by atoms with E-state index < -0.39 is 22.5 Å². The maximum Gasteiger partial charge on any atom is 0.354 e. The second kappa shape index (κ2) is 6.92. The van der Waals surface area contributed by atoms with Gasteiger partial charge >= 0.3 is 5.97 Å². The highest BCUT2D eigenvalue weighted by molar-refractivity contribution is 6.37. The van der Waals surface area contributed by atoms with Crippen LogP contribution in [0.1, 0.15) is 22.5 Å². The molecule has 1 atom stereocenters. The van der Waals surface area contributed by atoms with Gasteiger partial charge in [-0.1, -0.05) is 18.2 Å². The quantitative estimate of drug-likeness (QED) is 0.485. The average Bonchev–Trinajstić information content (AvgIpc) is 3.06. The monoisotopic (exact) mass is 370 g/mol. The van der Waals surface area contributed by atoms with E-state index in [1.54, 1.807) is 12.1 Å². The third-order valence-corrected chi connectivity index (χ3v) is 4.00. The molecule has 1 aromatic carbocycles. The van der Waals surface area contributed by atoms with E-state index in [1.165, 1.54) is 30.5 Å². The Labute approximate surface area is 152 Å². The van der Waals surface area contributed by atoms with Crippen LogP contribution in [0.5, 0.6) is 0 Å². The van der Waals surface area contributed by atoms with Crippen LogP contribution in [0.4, 0.5) is 5.69 Å². The molecule has 1 N–H and O–H groups in total. The number of nitrogens with zero attached hydrogens (tertiary/aromatic N) is 4. The number of hydrogen-bond acceptors (Lipinski definition) is 8. The number of carbonyl (C=O) groups is 2. The van der Waals surface area contributed by atoms with Crippen LogP contribution in [-0.2, 0) is 15.3 Å². The molecule has 0 aliphatic carbocycles. The van der Waals surface area contributed by atoms with Crippen LogP contribution in [0.2, 0.25) is 0 Å². The van der Waals surface area contributed by atoms with Crippen LogP contribution in [0.3, 0.4) is 0 Å². The molecule has 10 nitrogen and oxygen atoms in total. The molecule has 0 saturated carbocycles. The number of hydrazone groups is 1. The van der Waals surface area contributed by atoms with Crippen molar-refractivity contribution in [1.29, 1.82) is 0 Å². The molecule has 2 heterocycles. The van der Waals surface area contributed by atoms with Crippen molar-refractivity contribution >= 4 is 23.3 Å². The van der Waals surface area contributed by atoms with Crippen molar-refractivity contribution in [2.75, 3.05) is 7.11 Å². The second-order valence-corrected chi connectivity index (χ2v) is 5.67. The Balaban J connectivity index is 2.09. The van der Waals surface area contributed by atoms with Crippen molar-refractivity contribution in [1.82, 2.24) is 9.99 Å². The van der Waals surface area contributed by atoms with Crippen LogP contribution in [0.25, 0.3) is 0 Å². The van der Waals surface area contributed by atoms with Crippen LogP contribution in [0.15, 0.2) is 53.8 Å². The number of aromatic nitrogens is 1. The number of amides is 1. The molecule has 1 unspecified atom stereocenters. The summed E-state index contributed by atoms with van der Waals surface area (Å²) >= 11 is 0. The topological polar surface area (TPSA) is 135 Å². The summed E-state index contributed by atoms with van der Waals surface area (Å²) in [6.45, 7) is 0. The zero-order chi connectivity index (χ0) is 19.6. The highest BCUT2D eigenvalue weighted by Gasteiger charge is 2.49. The number of esters is 1. The largest absolute Gasteiger partial charge is 0.464 e. The summed E-state index contributed by atoms with van der Waals surface area (Å²) < 4.78 is 4.62. The number of nitro benzene ring substituents is 1. The van der Waals surface area contributed by atoms with Gasteiger partial charge in [0.15, 0.2) is 11.4 Å². The lowest BCUT2D eigenvalue weighted by Crippen LogP contribution is -2.44. The number of aliphatic hydroxyl groups is 1. The van der Waals surface area contributed by atoms with Crippen molar-refractivity contribution in [3.63, 3.8) is 0 Å². The minimum absolute atomic E-state index is 0.0174. The third-order valence-electron chi connectivity index (χ3n) is 4.00. The van der Waals surface area contributed by atoms with E-state index >= 15 is 0 Å². The molecule has 138 valence electrons. The van der Waals surface area contributed by atoms with Gasteiger partial charge in [0.1, 0.15) is 5.69 Å². The zero-order valence-electron chi connectivity index (χ0n) is 14.1. The van der Waals surface area contributed by atoms with Gasteiger partial charge in [0, 0.05) is 23.9 Å². The molecule has 0 saturated heterocycles. The normalized spacial score (nSPS) is 18.7. The van der Waals surface area contributed by atoms with E-state index in [4.69, 9.17) is 0 Å². The Morgan fingerprint density at radius 1 is 1.30 bits per heavy atom. The Hall–Kier alpha value is -3.66. The highest BCUT2D eigenvalue weighted by Crippen LogP contribution is 2.37. The maximum absolute atomic E-state index is 12.8. The van der Waals surface area contributed by atoms with Crippen molar-refractivity contribution in [2.45, 2.75) is 12.1 Å². The molecule has 2 aromatic rings. The maximum atomic E-state index is 12.8. The van der Waals surface area contributed by atoms with Gasteiger partial charge in [-0.2, -0.15) is 10.1 Å². The Kier molecular flexibility index (Phi) is 4.65. The number of non-ortho nitro benzene ring substituents is 1. The molecular weight excluding hydrogens is 356 g/mol. The molecule has 10 heteroatoms. The summed E-state index contributed by atoms with van der Waals surface area (Å²) in [5, 5.41) is 26.9. The first-order valence-electron chi connectivity index (χ1n) is 7.75. The molecule has 1 aliphatic heterocycles. The third kappa shape index (κ3) is 3.25. The minimum Gasteiger partial charge on any atom is -0.464 e. The Bertz CT molecular complexity index is 945. The van der Waals surface area contributed by atoms with Crippen LogP contribution in [-0.4, -0.2) is 44.7 Å². The molecular formula is C17H14N4O6. The summed E-state index contributed by atoms with van der Waals surface area (Å²) in [6, 6.07) is 9.74. The Morgan fingerprint density at radius 2 is 2.07 bits per heavy atom. The molecule has 3 rings (SSSR count). The number of methoxy groups -OCH3 is 1. The summed E-state index contributed by atoms with van der Waals surface area (Å²) in [6.07, 6.45) is 1.00. The van der Waals surface area contributed by atoms with Gasteiger partial charge in [0.2, 0.25) is 0 Å². The molecule has 1 aliphatic rings. The second-order valence-electron chi connectivity index (χ2n) is 5.67. The first-order chi connectivity index (χ1) is 12.9. The highest BCUT2D eigenvalue weighted by atomic mass is 16.6. The SMILES string of the molecule is COC(=O)C1=NN(C(=O)c2ccccn2)C(O)(c2cccc([N+](=O)[O-])c2)C1. The van der Waals surface area contributed by atoms with E-state index in [9.17, 15) is 24.8 Å². The number of rotatable bonds is 4. The predicted molar refractivity (Wildman–Crippen MR) is 91.5 cm³/mol. The van der Waals surface area contributed by atoms with Crippen molar-refractivity contribution in [2.24, 2.45) is 5.10 Å². The van der Waals surface area contributed by atoms with E-state index in [1.807, 2.05) is 0 Å². The van der Waals surface area contributed by atoms with E-state index in [2.05, 4.69) is 14.8 Å². The van der Waals surface area contributed by atoms with Gasteiger partial charge < -0.3 is 9.84 Å². The number of hydrogen-bond donors (Lipinski definition) is 1. The summed E-state index contributed by atoms with van der Waals surface area (Å²) in [5.41, 5.74) is -2.57. The molecule has 1 amide bonds. The minimum atomic E-state index is -2.11. The predicted octanol–water partition coefficient (Wildman–Crippen LogP) is 1.21. The van der Waals surface area contributed by atoms with Crippen molar-refractivity contribution < 1.29 is 24.4 Å². The number of pyridine rings is 1. The number of carbonyl (C=O) groups excluding carboxylic acids is 2. The lowest BCUT2D eigenvalue weighted by Gasteiger charge is -2.31. The van der Waals surface area contributed by atoms with Crippen LogP contribution >= 0.6 is 0 Å². The van der Waals surface area contributed by atoms with Gasteiger partial charge in [0.25, 0.3) is 11.6 Å². The molecule has 0 fully saturated rings. The van der Waals surface area contributed by atoms with Crippen molar-refractivity contribution in [3.8, 4) is 0 Å². The molecule has 27 heavy (non-hydrogen) atoms. The van der Waals surface area contributed by atoms with Crippen LogP contribution in [0, 0.1) is 10.1 Å². The molecule has 0 spiro atoms. The zero-order valence-corrected chi connectivity index (χ0v) is 14.1. The Morgan fingerprint density at radius 3 is 2.70 bits per heavy atom. The smallest absolute Gasteiger partial charge is 0.354 e. The van der Waals surface area contributed by atoms with Gasteiger partial charge in [0.05, 0.1) is 18.5 Å². The van der Waals surface area contributed by atoms with Crippen LogP contribution < -0.4 is 0 Å². The number of benzene rings is 1. The fourth-order valence-electron chi connectivity index (χ4n) is 2.68. The lowest BCUT2D eigenvalue weighted by atomic mass is 9.96. The van der Waals surface area contributed by atoms with E-state index in [0.29, 0.717) is 5.01 Å². The molecule has 0 radical (unpaired) electrons.